The van der Waals surface area contributed by atoms with Gasteiger partial charge in [0.15, 0.2) is 0 Å². The van der Waals surface area contributed by atoms with E-state index >= 15 is 0 Å². The van der Waals surface area contributed by atoms with E-state index in [2.05, 4.69) is 55.4 Å². The molecule has 0 spiro atoms. The van der Waals surface area contributed by atoms with Gasteiger partial charge in [-0.1, -0.05) is 44.0 Å². The van der Waals surface area contributed by atoms with E-state index in [1.165, 1.54) is 11.6 Å². The zero-order valence-electron chi connectivity index (χ0n) is 10.7. The molecule has 0 aromatic heterocycles. The van der Waals surface area contributed by atoms with Crippen LogP contribution < -0.4 is 5.32 Å². The van der Waals surface area contributed by atoms with Crippen LogP contribution in [0.2, 0.25) is 0 Å². The van der Waals surface area contributed by atoms with Crippen LogP contribution in [0.1, 0.15) is 24.3 Å². The first kappa shape index (κ1) is 14.1. The number of halogens is 3. The summed E-state index contributed by atoms with van der Waals surface area (Å²) >= 11 is 6.77. The van der Waals surface area contributed by atoms with Gasteiger partial charge in [0.25, 0.3) is 0 Å². The molecule has 1 nitrogen and oxygen atoms in total. The highest BCUT2D eigenvalue weighted by Crippen LogP contribution is 2.39. The molecule has 0 radical (unpaired) electrons. The van der Waals surface area contributed by atoms with Gasteiger partial charge in [0.1, 0.15) is 5.82 Å². The third-order valence-electron chi connectivity index (χ3n) is 3.75. The molecule has 0 bridgehead atoms. The van der Waals surface area contributed by atoms with Crippen molar-refractivity contribution < 1.29 is 4.39 Å². The van der Waals surface area contributed by atoms with Crippen LogP contribution in [-0.2, 0) is 0 Å². The predicted molar refractivity (Wildman–Crippen MR) is 87.6 cm³/mol. The molecular formula is C16H14Br2FN. The van der Waals surface area contributed by atoms with E-state index in [9.17, 15) is 4.39 Å². The Morgan fingerprint density at radius 3 is 2.45 bits per heavy atom. The second-order valence-electron chi connectivity index (χ2n) is 5.19. The summed E-state index contributed by atoms with van der Waals surface area (Å²) in [6, 6.07) is 13.9. The SMILES string of the molecule is Fc1cc(Br)ccc1NC1CC(c2cccc(Br)c2)C1. The molecule has 2 aromatic rings. The van der Waals surface area contributed by atoms with Gasteiger partial charge in [-0.2, -0.15) is 0 Å². The summed E-state index contributed by atoms with van der Waals surface area (Å²) in [5, 5.41) is 3.28. The molecule has 1 aliphatic rings. The van der Waals surface area contributed by atoms with Crippen LogP contribution in [-0.4, -0.2) is 6.04 Å². The van der Waals surface area contributed by atoms with Gasteiger partial charge in [0.05, 0.1) is 5.69 Å². The van der Waals surface area contributed by atoms with Crippen molar-refractivity contribution in [2.24, 2.45) is 0 Å². The van der Waals surface area contributed by atoms with E-state index in [-0.39, 0.29) is 5.82 Å². The Kier molecular flexibility index (Phi) is 4.13. The maximum atomic E-state index is 13.7. The van der Waals surface area contributed by atoms with Crippen molar-refractivity contribution in [1.82, 2.24) is 0 Å². The Morgan fingerprint density at radius 2 is 1.75 bits per heavy atom. The van der Waals surface area contributed by atoms with Gasteiger partial charge >= 0.3 is 0 Å². The monoisotopic (exact) mass is 397 g/mol. The van der Waals surface area contributed by atoms with Crippen molar-refractivity contribution in [2.75, 3.05) is 5.32 Å². The van der Waals surface area contributed by atoms with E-state index < -0.39 is 0 Å². The highest BCUT2D eigenvalue weighted by atomic mass is 79.9. The van der Waals surface area contributed by atoms with Crippen LogP contribution >= 0.6 is 31.9 Å². The Balaban J connectivity index is 1.61. The van der Waals surface area contributed by atoms with Gasteiger partial charge in [-0.3, -0.25) is 0 Å². The zero-order chi connectivity index (χ0) is 14.1. The van der Waals surface area contributed by atoms with Crippen LogP contribution in [0.25, 0.3) is 0 Å². The molecule has 0 unspecified atom stereocenters. The smallest absolute Gasteiger partial charge is 0.147 e. The molecule has 4 heteroatoms. The molecule has 0 atom stereocenters. The molecular weight excluding hydrogens is 385 g/mol. The van der Waals surface area contributed by atoms with Gasteiger partial charge < -0.3 is 5.32 Å². The maximum absolute atomic E-state index is 13.7. The van der Waals surface area contributed by atoms with Crippen LogP contribution in [0.4, 0.5) is 10.1 Å². The van der Waals surface area contributed by atoms with E-state index in [1.54, 1.807) is 6.07 Å². The first-order valence-electron chi connectivity index (χ1n) is 6.59. The van der Waals surface area contributed by atoms with Crippen molar-refractivity contribution in [1.29, 1.82) is 0 Å². The van der Waals surface area contributed by atoms with Gasteiger partial charge in [0, 0.05) is 15.0 Å². The van der Waals surface area contributed by atoms with Crippen LogP contribution in [0, 0.1) is 5.82 Å². The second kappa shape index (κ2) is 5.86. The minimum atomic E-state index is -0.203. The Hall–Kier alpha value is -0.870. The van der Waals surface area contributed by atoms with E-state index in [0.29, 0.717) is 17.6 Å². The summed E-state index contributed by atoms with van der Waals surface area (Å²) in [4.78, 5) is 0. The predicted octanol–water partition coefficient (Wildman–Crippen LogP) is 5.71. The average Bonchev–Trinajstić information content (AvgIpc) is 2.35. The Labute approximate surface area is 134 Å². The van der Waals surface area contributed by atoms with Crippen LogP contribution in [0.3, 0.4) is 0 Å². The highest BCUT2D eigenvalue weighted by Gasteiger charge is 2.30. The molecule has 1 N–H and O–H groups in total. The van der Waals surface area contributed by atoms with Crippen LogP contribution in [0.15, 0.2) is 51.4 Å². The topological polar surface area (TPSA) is 12.0 Å². The molecule has 2 aromatic carbocycles. The highest BCUT2D eigenvalue weighted by molar-refractivity contribution is 9.10. The lowest BCUT2D eigenvalue weighted by molar-refractivity contribution is 0.373. The summed E-state index contributed by atoms with van der Waals surface area (Å²) in [7, 11) is 0. The summed E-state index contributed by atoms with van der Waals surface area (Å²) in [5.41, 5.74) is 1.94. The largest absolute Gasteiger partial charge is 0.380 e. The van der Waals surface area contributed by atoms with E-state index in [4.69, 9.17) is 0 Å². The molecule has 0 saturated heterocycles. The van der Waals surface area contributed by atoms with Gasteiger partial charge in [-0.05, 0) is 54.7 Å². The minimum absolute atomic E-state index is 0.203. The lowest BCUT2D eigenvalue weighted by Crippen LogP contribution is -2.34. The van der Waals surface area contributed by atoms with Crippen molar-refractivity contribution in [3.8, 4) is 0 Å². The number of hydrogen-bond acceptors (Lipinski definition) is 1. The summed E-state index contributed by atoms with van der Waals surface area (Å²) in [6.45, 7) is 0. The number of hydrogen-bond donors (Lipinski definition) is 1. The molecule has 3 rings (SSSR count). The quantitative estimate of drug-likeness (QED) is 0.698. The molecule has 0 aliphatic heterocycles. The number of benzene rings is 2. The standard InChI is InChI=1S/C16H14Br2FN/c17-12-3-1-2-10(6-12)11-7-14(8-11)20-16-5-4-13(18)9-15(16)19/h1-6,9,11,14,20H,7-8H2. The fourth-order valence-corrected chi connectivity index (χ4v) is 3.34. The van der Waals surface area contributed by atoms with Crippen molar-refractivity contribution >= 4 is 37.5 Å². The van der Waals surface area contributed by atoms with Gasteiger partial charge in [-0.15, -0.1) is 0 Å². The number of rotatable bonds is 3. The Bertz CT molecular complexity index is 624. The third kappa shape index (κ3) is 3.07. The summed E-state index contributed by atoms with van der Waals surface area (Å²) < 4.78 is 15.6. The lowest BCUT2D eigenvalue weighted by atomic mass is 9.76. The lowest BCUT2D eigenvalue weighted by Gasteiger charge is -2.37. The molecule has 1 aliphatic carbocycles. The molecule has 1 fully saturated rings. The summed E-state index contributed by atoms with van der Waals surface area (Å²) in [6.07, 6.45) is 2.10. The van der Waals surface area contributed by atoms with Gasteiger partial charge in [-0.25, -0.2) is 4.39 Å². The van der Waals surface area contributed by atoms with Crippen LogP contribution in [0.5, 0.6) is 0 Å². The normalized spacial score (nSPS) is 21.4. The van der Waals surface area contributed by atoms with Gasteiger partial charge in [0.2, 0.25) is 0 Å². The molecule has 0 amide bonds. The second-order valence-corrected chi connectivity index (χ2v) is 7.02. The Morgan fingerprint density at radius 1 is 1.00 bits per heavy atom. The first-order chi connectivity index (χ1) is 9.61. The molecule has 0 heterocycles. The molecule has 20 heavy (non-hydrogen) atoms. The number of anilines is 1. The fraction of sp³-hybridized carbons (Fsp3) is 0.250. The molecule has 104 valence electrons. The maximum Gasteiger partial charge on any atom is 0.147 e. The zero-order valence-corrected chi connectivity index (χ0v) is 13.9. The van der Waals surface area contributed by atoms with E-state index in [1.807, 2.05) is 12.1 Å². The molecule has 1 saturated carbocycles. The number of nitrogens with one attached hydrogen (secondary N) is 1. The average molecular weight is 399 g/mol. The van der Waals surface area contributed by atoms with Crippen molar-refractivity contribution in [3.63, 3.8) is 0 Å². The first-order valence-corrected chi connectivity index (χ1v) is 8.17. The van der Waals surface area contributed by atoms with E-state index in [0.717, 1.165) is 21.8 Å². The minimum Gasteiger partial charge on any atom is -0.380 e. The third-order valence-corrected chi connectivity index (χ3v) is 4.74. The van der Waals surface area contributed by atoms with Crippen molar-refractivity contribution in [2.45, 2.75) is 24.8 Å². The van der Waals surface area contributed by atoms with Crippen molar-refractivity contribution in [3.05, 3.63) is 62.8 Å². The fourth-order valence-electron chi connectivity index (χ4n) is 2.59. The summed E-state index contributed by atoms with van der Waals surface area (Å²) in [5.74, 6) is 0.369.